The molecule has 8 heteroatoms. The number of hydrogen-bond donors (Lipinski definition) is 1. The minimum absolute atomic E-state index is 0.0931. The maximum absolute atomic E-state index is 15.3. The van der Waals surface area contributed by atoms with E-state index in [1.165, 1.54) is 22.7 Å². The molecule has 0 spiro atoms. The number of amides is 2. The SMILES string of the molecule is CCCNC(=O)CN1C(=O)CSC(c2ccccc2F)c2c(-c3ccccc3)nn(-c3ccc(C)cc3C)c21. The Kier molecular flexibility index (Phi) is 7.84. The number of benzene rings is 3. The van der Waals surface area contributed by atoms with Gasteiger partial charge in [-0.3, -0.25) is 14.5 Å². The Hall–Kier alpha value is -3.91. The minimum atomic E-state index is -0.511. The van der Waals surface area contributed by atoms with Crippen molar-refractivity contribution in [1.82, 2.24) is 15.1 Å². The molecular formula is C31H31FN4O2S. The molecule has 2 amide bonds. The average molecular weight is 543 g/mol. The summed E-state index contributed by atoms with van der Waals surface area (Å²) >= 11 is 1.36. The van der Waals surface area contributed by atoms with Crippen LogP contribution in [0.3, 0.4) is 0 Å². The molecule has 5 rings (SSSR count). The van der Waals surface area contributed by atoms with Crippen molar-refractivity contribution in [1.29, 1.82) is 0 Å². The standard InChI is InChI=1S/C31H31FN4O2S/c1-4-16-33-26(37)18-35-27(38)19-39-30(23-12-8-9-13-24(23)32)28-29(22-10-6-5-7-11-22)34-36(31(28)35)25-15-14-20(2)17-21(25)3/h5-15,17,30H,4,16,18-19H2,1-3H3,(H,33,37). The van der Waals surface area contributed by atoms with Crippen molar-refractivity contribution < 1.29 is 14.0 Å². The average Bonchev–Trinajstić information content (AvgIpc) is 3.25. The van der Waals surface area contributed by atoms with E-state index in [-0.39, 0.29) is 29.9 Å². The summed E-state index contributed by atoms with van der Waals surface area (Å²) in [5.74, 6) is -0.232. The van der Waals surface area contributed by atoms with E-state index < -0.39 is 5.25 Å². The zero-order valence-corrected chi connectivity index (χ0v) is 23.1. The van der Waals surface area contributed by atoms with Gasteiger partial charge in [0.2, 0.25) is 11.8 Å². The number of thioether (sulfide) groups is 1. The van der Waals surface area contributed by atoms with Crippen LogP contribution >= 0.6 is 11.8 Å². The van der Waals surface area contributed by atoms with Crippen molar-refractivity contribution in [3.8, 4) is 16.9 Å². The number of rotatable bonds is 7. The highest BCUT2D eigenvalue weighted by Gasteiger charge is 2.38. The summed E-state index contributed by atoms with van der Waals surface area (Å²) in [4.78, 5) is 28.2. The Labute approximate surface area is 232 Å². The first-order chi connectivity index (χ1) is 18.9. The molecule has 6 nitrogen and oxygen atoms in total. The number of aromatic nitrogens is 2. The monoisotopic (exact) mass is 542 g/mol. The molecule has 200 valence electrons. The van der Waals surface area contributed by atoms with E-state index in [1.807, 2.05) is 63.2 Å². The van der Waals surface area contributed by atoms with Crippen molar-refractivity contribution in [3.05, 3.63) is 101 Å². The highest BCUT2D eigenvalue weighted by Crippen LogP contribution is 2.49. The molecule has 0 fully saturated rings. The predicted molar refractivity (Wildman–Crippen MR) is 155 cm³/mol. The van der Waals surface area contributed by atoms with Crippen molar-refractivity contribution in [3.63, 3.8) is 0 Å². The molecule has 0 saturated carbocycles. The van der Waals surface area contributed by atoms with Crippen LogP contribution in [0.2, 0.25) is 0 Å². The van der Waals surface area contributed by atoms with Crippen LogP contribution in [-0.4, -0.2) is 40.4 Å². The number of nitrogens with one attached hydrogen (secondary N) is 1. The van der Waals surface area contributed by atoms with Gasteiger partial charge in [0, 0.05) is 23.2 Å². The van der Waals surface area contributed by atoms with Gasteiger partial charge in [-0.15, -0.1) is 11.8 Å². The van der Waals surface area contributed by atoms with E-state index >= 15 is 4.39 Å². The van der Waals surface area contributed by atoms with Crippen LogP contribution in [0, 0.1) is 19.7 Å². The number of nitrogens with zero attached hydrogens (tertiary/aromatic N) is 3. The number of anilines is 1. The maximum Gasteiger partial charge on any atom is 0.240 e. The normalized spacial score (nSPS) is 15.1. The van der Waals surface area contributed by atoms with Crippen LogP contribution in [0.15, 0.2) is 72.8 Å². The summed E-state index contributed by atoms with van der Waals surface area (Å²) in [6.07, 6.45) is 0.787. The van der Waals surface area contributed by atoms with Gasteiger partial charge in [-0.2, -0.15) is 5.10 Å². The van der Waals surface area contributed by atoms with E-state index in [4.69, 9.17) is 5.10 Å². The molecule has 0 aliphatic carbocycles. The van der Waals surface area contributed by atoms with Gasteiger partial charge in [0.15, 0.2) is 0 Å². The highest BCUT2D eigenvalue weighted by molar-refractivity contribution is 8.00. The Balaban J connectivity index is 1.82. The lowest BCUT2D eigenvalue weighted by Crippen LogP contribution is -2.42. The second-order valence-electron chi connectivity index (χ2n) is 9.70. The van der Waals surface area contributed by atoms with E-state index in [9.17, 15) is 9.59 Å². The second-order valence-corrected chi connectivity index (χ2v) is 10.8. The van der Waals surface area contributed by atoms with Gasteiger partial charge in [-0.25, -0.2) is 9.07 Å². The van der Waals surface area contributed by atoms with Crippen molar-refractivity contribution in [2.45, 2.75) is 32.4 Å². The summed E-state index contributed by atoms with van der Waals surface area (Å²) in [5, 5.41) is 7.46. The predicted octanol–water partition coefficient (Wildman–Crippen LogP) is 5.99. The first kappa shape index (κ1) is 26.7. The van der Waals surface area contributed by atoms with Gasteiger partial charge in [0.25, 0.3) is 0 Å². The lowest BCUT2D eigenvalue weighted by atomic mass is 9.99. The molecule has 0 radical (unpaired) electrons. The molecule has 0 saturated heterocycles. The van der Waals surface area contributed by atoms with Crippen molar-refractivity contribution >= 4 is 29.4 Å². The Morgan fingerprint density at radius 2 is 1.82 bits per heavy atom. The number of carbonyl (C=O) groups excluding carboxylic acids is 2. The first-order valence-corrected chi connectivity index (χ1v) is 14.1. The van der Waals surface area contributed by atoms with E-state index in [1.54, 1.807) is 22.9 Å². The van der Waals surface area contributed by atoms with Gasteiger partial charge in [0.05, 0.1) is 22.4 Å². The zero-order valence-electron chi connectivity index (χ0n) is 22.3. The lowest BCUT2D eigenvalue weighted by Gasteiger charge is -2.24. The summed E-state index contributed by atoms with van der Waals surface area (Å²) in [7, 11) is 0. The number of carbonyl (C=O) groups is 2. The molecule has 1 aliphatic rings. The topological polar surface area (TPSA) is 67.2 Å². The molecule has 39 heavy (non-hydrogen) atoms. The van der Waals surface area contributed by atoms with Crippen molar-refractivity contribution in [2.24, 2.45) is 0 Å². The number of aryl methyl sites for hydroxylation is 2. The van der Waals surface area contributed by atoms with Crippen LogP contribution in [0.5, 0.6) is 0 Å². The Morgan fingerprint density at radius 1 is 1.08 bits per heavy atom. The lowest BCUT2D eigenvalue weighted by molar-refractivity contribution is -0.122. The van der Waals surface area contributed by atoms with Crippen LogP contribution in [0.1, 0.15) is 40.8 Å². The molecule has 2 heterocycles. The quantitative estimate of drug-likeness (QED) is 0.312. The summed E-state index contributed by atoms with van der Waals surface area (Å²) in [5.41, 5.74) is 5.57. The van der Waals surface area contributed by atoms with Gasteiger partial charge >= 0.3 is 0 Å². The van der Waals surface area contributed by atoms with Crippen LogP contribution < -0.4 is 10.2 Å². The summed E-state index contributed by atoms with van der Waals surface area (Å²) in [6.45, 7) is 6.37. The van der Waals surface area contributed by atoms with Crippen LogP contribution in [-0.2, 0) is 9.59 Å². The summed E-state index contributed by atoms with van der Waals surface area (Å²) in [6, 6.07) is 22.4. The largest absolute Gasteiger partial charge is 0.355 e. The fraction of sp³-hybridized carbons (Fsp3) is 0.258. The van der Waals surface area contributed by atoms with Gasteiger partial charge in [0.1, 0.15) is 18.2 Å². The molecule has 1 N–H and O–H groups in total. The minimum Gasteiger partial charge on any atom is -0.355 e. The maximum atomic E-state index is 15.3. The van der Waals surface area contributed by atoms with E-state index in [2.05, 4.69) is 11.4 Å². The third-order valence-corrected chi connectivity index (χ3v) is 8.01. The molecule has 1 aliphatic heterocycles. The second kappa shape index (κ2) is 11.5. The Morgan fingerprint density at radius 3 is 2.54 bits per heavy atom. The zero-order chi connectivity index (χ0) is 27.5. The van der Waals surface area contributed by atoms with Crippen LogP contribution in [0.4, 0.5) is 10.2 Å². The molecule has 1 unspecified atom stereocenters. The molecule has 1 aromatic heterocycles. The Bertz CT molecular complexity index is 1520. The molecule has 4 aromatic rings. The fourth-order valence-corrected chi connectivity index (χ4v) is 6.16. The molecule has 0 bridgehead atoms. The third kappa shape index (κ3) is 5.34. The first-order valence-electron chi connectivity index (χ1n) is 13.1. The molecule has 3 aromatic carbocycles. The van der Waals surface area contributed by atoms with E-state index in [0.29, 0.717) is 29.2 Å². The molecule has 1 atom stereocenters. The van der Waals surface area contributed by atoms with Crippen LogP contribution in [0.25, 0.3) is 16.9 Å². The third-order valence-electron chi connectivity index (χ3n) is 6.78. The highest BCUT2D eigenvalue weighted by atomic mass is 32.2. The number of fused-ring (bicyclic) bond motifs is 1. The number of hydrogen-bond acceptors (Lipinski definition) is 4. The number of halogens is 1. The van der Waals surface area contributed by atoms with E-state index in [0.717, 1.165) is 28.8 Å². The van der Waals surface area contributed by atoms with Crippen molar-refractivity contribution in [2.75, 3.05) is 23.7 Å². The molecular weight excluding hydrogens is 511 g/mol. The smallest absolute Gasteiger partial charge is 0.240 e. The summed E-state index contributed by atoms with van der Waals surface area (Å²) < 4.78 is 17.1. The van der Waals surface area contributed by atoms with Gasteiger partial charge in [-0.1, -0.05) is 73.2 Å². The van der Waals surface area contributed by atoms with Gasteiger partial charge < -0.3 is 5.32 Å². The van der Waals surface area contributed by atoms with Gasteiger partial charge in [-0.05, 0) is 38.0 Å². The fourth-order valence-electron chi connectivity index (χ4n) is 4.94.